The van der Waals surface area contributed by atoms with Gasteiger partial charge < -0.3 is 18.3 Å². The summed E-state index contributed by atoms with van der Waals surface area (Å²) >= 11 is 0. The van der Waals surface area contributed by atoms with Crippen molar-refractivity contribution in [2.24, 2.45) is 0 Å². The van der Waals surface area contributed by atoms with Gasteiger partial charge in [-0.25, -0.2) is 0 Å². The lowest BCUT2D eigenvalue weighted by atomic mass is 10.3. The number of carbonyl (C=O) groups excluding carboxylic acids is 1. The van der Waals surface area contributed by atoms with Crippen LogP contribution >= 0.6 is 0 Å². The number of aromatic nitrogens is 1. The van der Waals surface area contributed by atoms with Crippen molar-refractivity contribution in [3.8, 4) is 0 Å². The molecule has 0 saturated carbocycles. The molecular weight excluding hydrogens is 365 g/mol. The Morgan fingerprint density at radius 3 is 2.56 bits per heavy atom. The van der Waals surface area contributed by atoms with Gasteiger partial charge >= 0.3 is 6.18 Å². The van der Waals surface area contributed by atoms with Crippen LogP contribution in [-0.2, 0) is 13.1 Å². The number of nitrogens with zero attached hydrogens (tertiary/aromatic N) is 2. The molecule has 0 saturated heterocycles. The summed E-state index contributed by atoms with van der Waals surface area (Å²) < 4.78 is 50.3. The molecule has 9 heteroatoms. The highest BCUT2D eigenvalue weighted by Gasteiger charge is 2.34. The fourth-order valence-electron chi connectivity index (χ4n) is 2.50. The Morgan fingerprint density at radius 2 is 1.89 bits per heavy atom. The number of pyridine rings is 1. The van der Waals surface area contributed by atoms with E-state index in [1.54, 1.807) is 18.3 Å². The Kier molecular flexibility index (Phi) is 5.20. The smallest absolute Gasteiger partial charge is 0.406 e. The maximum absolute atomic E-state index is 12.9. The third kappa shape index (κ3) is 4.90. The number of halogens is 3. The van der Waals surface area contributed by atoms with E-state index in [0.29, 0.717) is 4.90 Å². The second kappa shape index (κ2) is 7.56. The molecule has 27 heavy (non-hydrogen) atoms. The monoisotopic (exact) mass is 380 g/mol. The summed E-state index contributed by atoms with van der Waals surface area (Å²) in [5.74, 6) is -0.674. The lowest BCUT2D eigenvalue weighted by molar-refractivity contribution is -0.142. The van der Waals surface area contributed by atoms with Gasteiger partial charge in [-0.3, -0.25) is 9.59 Å². The number of hydrogen-bond donors (Lipinski definition) is 0. The van der Waals surface area contributed by atoms with Crippen LogP contribution in [0.5, 0.6) is 0 Å². The highest BCUT2D eigenvalue weighted by atomic mass is 19.4. The molecule has 0 fully saturated rings. The highest BCUT2D eigenvalue weighted by Crippen LogP contribution is 2.21. The zero-order valence-corrected chi connectivity index (χ0v) is 14.0. The van der Waals surface area contributed by atoms with Crippen molar-refractivity contribution in [2.45, 2.75) is 19.3 Å². The minimum absolute atomic E-state index is 0.0599. The summed E-state index contributed by atoms with van der Waals surface area (Å²) in [7, 11) is 0. The number of furan rings is 2. The number of carbonyl (C=O) groups is 1. The molecule has 6 nitrogen and oxygen atoms in total. The summed E-state index contributed by atoms with van der Waals surface area (Å²) in [4.78, 5) is 24.8. The highest BCUT2D eigenvalue weighted by molar-refractivity contribution is 5.91. The van der Waals surface area contributed by atoms with Gasteiger partial charge in [0.25, 0.3) is 11.5 Å². The zero-order chi connectivity index (χ0) is 19.4. The van der Waals surface area contributed by atoms with Gasteiger partial charge in [0.15, 0.2) is 5.76 Å². The van der Waals surface area contributed by atoms with Gasteiger partial charge in [-0.05, 0) is 30.3 Å². The molecule has 3 rings (SSSR count). The van der Waals surface area contributed by atoms with Crippen LogP contribution in [0.1, 0.15) is 22.1 Å². The van der Waals surface area contributed by atoms with Gasteiger partial charge in [-0.15, -0.1) is 0 Å². The molecule has 0 atom stereocenters. The van der Waals surface area contributed by atoms with Crippen LogP contribution in [0.4, 0.5) is 13.2 Å². The van der Waals surface area contributed by atoms with E-state index in [4.69, 9.17) is 8.83 Å². The van der Waals surface area contributed by atoms with Crippen molar-refractivity contribution >= 4 is 5.91 Å². The molecule has 0 unspecified atom stereocenters. The van der Waals surface area contributed by atoms with Crippen molar-refractivity contribution < 1.29 is 26.8 Å². The van der Waals surface area contributed by atoms with Gasteiger partial charge in [-0.1, -0.05) is 6.07 Å². The predicted octanol–water partition coefficient (Wildman–Crippen LogP) is 3.29. The lowest BCUT2D eigenvalue weighted by Gasteiger charge is -2.22. The van der Waals surface area contributed by atoms with Crippen LogP contribution in [-0.4, -0.2) is 28.1 Å². The Labute approximate surface area is 151 Å². The van der Waals surface area contributed by atoms with E-state index in [0.717, 1.165) is 0 Å². The average molecular weight is 380 g/mol. The largest absolute Gasteiger partial charge is 0.467 e. The van der Waals surface area contributed by atoms with Crippen LogP contribution < -0.4 is 5.56 Å². The van der Waals surface area contributed by atoms with E-state index >= 15 is 0 Å². The van der Waals surface area contributed by atoms with Gasteiger partial charge in [0.05, 0.1) is 19.4 Å². The maximum Gasteiger partial charge on any atom is 0.406 e. The van der Waals surface area contributed by atoms with Crippen molar-refractivity contribution in [3.63, 3.8) is 0 Å². The predicted molar refractivity (Wildman–Crippen MR) is 88.0 cm³/mol. The number of amides is 1. The molecule has 3 aromatic rings. The molecule has 0 bridgehead atoms. The summed E-state index contributed by atoms with van der Waals surface area (Å²) in [6.07, 6.45) is -1.72. The van der Waals surface area contributed by atoms with Crippen molar-refractivity contribution in [2.75, 3.05) is 6.54 Å². The molecule has 142 valence electrons. The third-order valence-corrected chi connectivity index (χ3v) is 3.68. The molecule has 0 aliphatic rings. The van der Waals surface area contributed by atoms with Crippen LogP contribution in [0.3, 0.4) is 0 Å². The zero-order valence-electron chi connectivity index (χ0n) is 14.0. The first-order valence-corrected chi connectivity index (χ1v) is 7.94. The normalized spacial score (nSPS) is 11.5. The van der Waals surface area contributed by atoms with Crippen LogP contribution in [0.15, 0.2) is 68.6 Å². The number of hydrogen-bond acceptors (Lipinski definition) is 4. The van der Waals surface area contributed by atoms with Crippen LogP contribution in [0.25, 0.3) is 0 Å². The molecule has 0 aliphatic heterocycles. The summed E-state index contributed by atoms with van der Waals surface area (Å²) in [5, 5.41) is 0. The first-order chi connectivity index (χ1) is 12.8. The molecule has 0 aliphatic carbocycles. The quantitative estimate of drug-likeness (QED) is 0.658. The Bertz CT molecular complexity index is 957. The number of rotatable bonds is 6. The van der Waals surface area contributed by atoms with Gasteiger partial charge in [-0.2, -0.15) is 13.2 Å². The van der Waals surface area contributed by atoms with Crippen molar-refractivity contribution in [1.82, 2.24) is 9.47 Å². The minimum atomic E-state index is -4.57. The molecule has 0 N–H and O–H groups in total. The van der Waals surface area contributed by atoms with E-state index in [2.05, 4.69) is 0 Å². The SMILES string of the molecule is O=C(c1ccc(Cn2ccccc2=O)o1)N(Cc1ccco1)CC(F)(F)F. The van der Waals surface area contributed by atoms with E-state index < -0.39 is 18.6 Å². The third-order valence-electron chi connectivity index (χ3n) is 3.68. The average Bonchev–Trinajstić information content (AvgIpc) is 3.26. The van der Waals surface area contributed by atoms with Gasteiger partial charge in [0, 0.05) is 12.3 Å². The van der Waals surface area contributed by atoms with E-state index in [1.807, 2.05) is 0 Å². The van der Waals surface area contributed by atoms with Crippen LogP contribution in [0, 0.1) is 0 Å². The second-order valence-electron chi connectivity index (χ2n) is 5.79. The maximum atomic E-state index is 12.9. The van der Waals surface area contributed by atoms with Crippen molar-refractivity contribution in [3.05, 3.63) is 82.6 Å². The molecular formula is C18H15F3N2O4. The molecule has 1 amide bonds. The van der Waals surface area contributed by atoms with Crippen LogP contribution in [0.2, 0.25) is 0 Å². The first-order valence-electron chi connectivity index (χ1n) is 7.94. The molecule has 3 heterocycles. The molecule has 3 aromatic heterocycles. The van der Waals surface area contributed by atoms with Crippen molar-refractivity contribution in [1.29, 1.82) is 0 Å². The summed E-state index contributed by atoms with van der Waals surface area (Å²) in [6.45, 7) is -1.73. The second-order valence-corrected chi connectivity index (χ2v) is 5.79. The summed E-state index contributed by atoms with van der Waals surface area (Å²) in [6, 6.07) is 10.3. The molecule has 0 aromatic carbocycles. The van der Waals surface area contributed by atoms with Gasteiger partial charge in [0.2, 0.25) is 0 Å². The Balaban J connectivity index is 1.78. The topological polar surface area (TPSA) is 68.6 Å². The number of alkyl halides is 3. The van der Waals surface area contributed by atoms with E-state index in [-0.39, 0.29) is 35.9 Å². The molecule has 0 spiro atoms. The van der Waals surface area contributed by atoms with Gasteiger partial charge in [0.1, 0.15) is 18.1 Å². The standard InChI is InChI=1S/C18H15F3N2O4/c19-18(20,21)12-23(10-13-4-3-9-26-13)17(25)15-7-6-14(27-15)11-22-8-2-1-5-16(22)24/h1-9H,10-12H2. The minimum Gasteiger partial charge on any atom is -0.467 e. The first kappa shape index (κ1) is 18.6. The lowest BCUT2D eigenvalue weighted by Crippen LogP contribution is -2.38. The summed E-state index contributed by atoms with van der Waals surface area (Å²) in [5.41, 5.74) is -0.265. The molecule has 0 radical (unpaired) electrons. The fourth-order valence-corrected chi connectivity index (χ4v) is 2.50. The van der Waals surface area contributed by atoms with E-state index in [9.17, 15) is 22.8 Å². The Morgan fingerprint density at radius 1 is 1.07 bits per heavy atom. The fraction of sp³-hybridized carbons (Fsp3) is 0.222. The Hall–Kier alpha value is -3.23. The van der Waals surface area contributed by atoms with E-state index in [1.165, 1.54) is 41.2 Å².